The summed E-state index contributed by atoms with van der Waals surface area (Å²) in [5, 5.41) is 0. The molecule has 0 saturated heterocycles. The quantitative estimate of drug-likeness (QED) is 0.684. The van der Waals surface area contributed by atoms with E-state index < -0.39 is 0 Å². The molecular formula is C20H24O5. The lowest BCUT2D eigenvalue weighted by atomic mass is 10.1. The third kappa shape index (κ3) is 4.80. The second-order valence-corrected chi connectivity index (χ2v) is 5.92. The lowest BCUT2D eigenvalue weighted by molar-refractivity contribution is -0.103. The SMILES string of the molecule is COC[C@H]1OC(c2ccc(COCc3ccccc3)o2)C=C[C@@H]1OC. The lowest BCUT2D eigenvalue weighted by Crippen LogP contribution is -2.37. The third-order valence-corrected chi connectivity index (χ3v) is 4.09. The summed E-state index contributed by atoms with van der Waals surface area (Å²) in [6, 6.07) is 13.9. The van der Waals surface area contributed by atoms with Crippen molar-refractivity contribution in [1.29, 1.82) is 0 Å². The molecular weight excluding hydrogens is 320 g/mol. The molecule has 0 radical (unpaired) electrons. The van der Waals surface area contributed by atoms with Gasteiger partial charge in [0.1, 0.15) is 36.4 Å². The van der Waals surface area contributed by atoms with Crippen LogP contribution in [-0.2, 0) is 32.2 Å². The molecule has 0 fully saturated rings. The van der Waals surface area contributed by atoms with Gasteiger partial charge < -0.3 is 23.4 Å². The molecule has 25 heavy (non-hydrogen) atoms. The number of rotatable bonds is 8. The Labute approximate surface area is 148 Å². The van der Waals surface area contributed by atoms with E-state index in [1.807, 2.05) is 54.6 Å². The highest BCUT2D eigenvalue weighted by Gasteiger charge is 2.29. The normalized spacial score (nSPS) is 23.0. The Kier molecular flexibility index (Phi) is 6.42. The maximum absolute atomic E-state index is 6.03. The average molecular weight is 344 g/mol. The Balaban J connectivity index is 1.55. The maximum Gasteiger partial charge on any atom is 0.137 e. The minimum absolute atomic E-state index is 0.111. The second-order valence-electron chi connectivity index (χ2n) is 5.92. The number of methoxy groups -OCH3 is 2. The molecule has 1 aliphatic rings. The summed E-state index contributed by atoms with van der Waals surface area (Å²) >= 11 is 0. The minimum Gasteiger partial charge on any atom is -0.460 e. The highest BCUT2D eigenvalue weighted by Crippen LogP contribution is 2.29. The van der Waals surface area contributed by atoms with Crippen LogP contribution < -0.4 is 0 Å². The lowest BCUT2D eigenvalue weighted by Gasteiger charge is -2.30. The van der Waals surface area contributed by atoms with Crippen molar-refractivity contribution in [2.75, 3.05) is 20.8 Å². The Bertz CT molecular complexity index is 664. The molecule has 2 aromatic rings. The van der Waals surface area contributed by atoms with E-state index in [9.17, 15) is 0 Å². The summed E-state index contributed by atoms with van der Waals surface area (Å²) in [5.74, 6) is 1.53. The smallest absolute Gasteiger partial charge is 0.137 e. The Morgan fingerprint density at radius 2 is 1.80 bits per heavy atom. The van der Waals surface area contributed by atoms with Gasteiger partial charge in [-0.2, -0.15) is 0 Å². The van der Waals surface area contributed by atoms with E-state index in [0.717, 1.165) is 17.1 Å². The van der Waals surface area contributed by atoms with Crippen LogP contribution >= 0.6 is 0 Å². The van der Waals surface area contributed by atoms with Gasteiger partial charge in [-0.15, -0.1) is 0 Å². The van der Waals surface area contributed by atoms with Crippen molar-refractivity contribution in [2.24, 2.45) is 0 Å². The molecule has 0 amide bonds. The second kappa shape index (κ2) is 8.97. The van der Waals surface area contributed by atoms with E-state index in [1.165, 1.54) is 0 Å². The van der Waals surface area contributed by atoms with Gasteiger partial charge in [-0.05, 0) is 23.8 Å². The van der Waals surface area contributed by atoms with E-state index in [-0.39, 0.29) is 18.3 Å². The summed E-state index contributed by atoms with van der Waals surface area (Å²) in [6.45, 7) is 1.45. The molecule has 0 aliphatic carbocycles. The zero-order valence-electron chi connectivity index (χ0n) is 14.6. The molecule has 1 aromatic heterocycles. The van der Waals surface area contributed by atoms with Crippen LogP contribution in [0.1, 0.15) is 23.2 Å². The summed E-state index contributed by atoms with van der Waals surface area (Å²) in [6.07, 6.45) is 3.43. The van der Waals surface area contributed by atoms with Gasteiger partial charge in [-0.25, -0.2) is 0 Å². The fourth-order valence-electron chi connectivity index (χ4n) is 2.80. The van der Waals surface area contributed by atoms with Crippen molar-refractivity contribution in [3.8, 4) is 0 Å². The molecule has 5 heteroatoms. The van der Waals surface area contributed by atoms with Crippen LogP contribution in [0.2, 0.25) is 0 Å². The predicted molar refractivity (Wildman–Crippen MR) is 93.1 cm³/mol. The van der Waals surface area contributed by atoms with Gasteiger partial charge in [0.2, 0.25) is 0 Å². The van der Waals surface area contributed by atoms with Crippen molar-refractivity contribution < 1.29 is 23.4 Å². The van der Waals surface area contributed by atoms with E-state index in [1.54, 1.807) is 14.2 Å². The highest BCUT2D eigenvalue weighted by molar-refractivity contribution is 5.17. The van der Waals surface area contributed by atoms with E-state index >= 15 is 0 Å². The Morgan fingerprint density at radius 1 is 0.960 bits per heavy atom. The number of ether oxygens (including phenoxy) is 4. The third-order valence-electron chi connectivity index (χ3n) is 4.09. The van der Waals surface area contributed by atoms with E-state index in [4.69, 9.17) is 23.4 Å². The van der Waals surface area contributed by atoms with Gasteiger partial charge in [0, 0.05) is 14.2 Å². The van der Waals surface area contributed by atoms with Crippen molar-refractivity contribution >= 4 is 0 Å². The molecule has 1 aromatic carbocycles. The number of hydrogen-bond acceptors (Lipinski definition) is 5. The minimum atomic E-state index is -0.241. The highest BCUT2D eigenvalue weighted by atomic mass is 16.6. The van der Waals surface area contributed by atoms with Crippen molar-refractivity contribution in [1.82, 2.24) is 0 Å². The number of benzene rings is 1. The fraction of sp³-hybridized carbons (Fsp3) is 0.400. The topological polar surface area (TPSA) is 50.1 Å². The van der Waals surface area contributed by atoms with Crippen LogP contribution in [0, 0.1) is 0 Å². The zero-order chi connectivity index (χ0) is 17.5. The van der Waals surface area contributed by atoms with Crippen LogP contribution in [-0.4, -0.2) is 33.0 Å². The van der Waals surface area contributed by atoms with Crippen molar-refractivity contribution in [3.05, 3.63) is 71.7 Å². The molecule has 0 saturated carbocycles. The summed E-state index contributed by atoms with van der Waals surface area (Å²) in [4.78, 5) is 0. The average Bonchev–Trinajstić information content (AvgIpc) is 3.12. The first kappa shape index (κ1) is 17.9. The van der Waals surface area contributed by atoms with Gasteiger partial charge in [0.15, 0.2) is 0 Å². The monoisotopic (exact) mass is 344 g/mol. The van der Waals surface area contributed by atoms with E-state index in [2.05, 4.69) is 0 Å². The molecule has 0 N–H and O–H groups in total. The Hall–Kier alpha value is -1.92. The molecule has 1 aliphatic heterocycles. The first-order valence-electron chi connectivity index (χ1n) is 8.36. The standard InChI is InChI=1S/C20H24O5/c1-21-14-20-17(22-2)10-11-19(25-20)18-9-8-16(24-18)13-23-12-15-6-4-3-5-7-15/h3-11,17,19-20H,12-14H2,1-2H3/t17-,19?,20+/m0/s1. The largest absolute Gasteiger partial charge is 0.460 e. The van der Waals surface area contributed by atoms with Crippen LogP contribution in [0.5, 0.6) is 0 Å². The summed E-state index contributed by atoms with van der Waals surface area (Å²) in [7, 11) is 3.31. The van der Waals surface area contributed by atoms with Crippen molar-refractivity contribution in [3.63, 3.8) is 0 Å². The predicted octanol–water partition coefficient (Wildman–Crippen LogP) is 3.65. The zero-order valence-corrected chi connectivity index (χ0v) is 14.6. The first-order chi connectivity index (χ1) is 12.3. The summed E-state index contributed by atoms with van der Waals surface area (Å²) in [5.41, 5.74) is 1.14. The number of hydrogen-bond donors (Lipinski definition) is 0. The van der Waals surface area contributed by atoms with Gasteiger partial charge in [0.05, 0.1) is 13.2 Å². The van der Waals surface area contributed by atoms with Crippen LogP contribution in [0.4, 0.5) is 0 Å². The van der Waals surface area contributed by atoms with Crippen LogP contribution in [0.25, 0.3) is 0 Å². The fourth-order valence-corrected chi connectivity index (χ4v) is 2.80. The van der Waals surface area contributed by atoms with Crippen LogP contribution in [0.3, 0.4) is 0 Å². The van der Waals surface area contributed by atoms with Gasteiger partial charge in [-0.3, -0.25) is 0 Å². The van der Waals surface area contributed by atoms with Crippen LogP contribution in [0.15, 0.2) is 59.0 Å². The van der Waals surface area contributed by atoms with Gasteiger partial charge in [0.25, 0.3) is 0 Å². The summed E-state index contributed by atoms with van der Waals surface area (Å²) < 4.78 is 28.2. The van der Waals surface area contributed by atoms with Gasteiger partial charge in [-0.1, -0.05) is 36.4 Å². The van der Waals surface area contributed by atoms with E-state index in [0.29, 0.717) is 19.8 Å². The molecule has 0 spiro atoms. The molecule has 134 valence electrons. The molecule has 3 atom stereocenters. The molecule has 3 rings (SSSR count). The van der Waals surface area contributed by atoms with Gasteiger partial charge >= 0.3 is 0 Å². The first-order valence-corrected chi connectivity index (χ1v) is 8.36. The maximum atomic E-state index is 6.03. The Morgan fingerprint density at radius 3 is 2.56 bits per heavy atom. The molecule has 5 nitrogen and oxygen atoms in total. The molecule has 2 heterocycles. The number of furan rings is 1. The van der Waals surface area contributed by atoms with Crippen molar-refractivity contribution in [2.45, 2.75) is 31.5 Å². The molecule has 1 unspecified atom stereocenters. The molecule has 0 bridgehead atoms.